The predicted octanol–water partition coefficient (Wildman–Crippen LogP) is 3.64. The van der Waals surface area contributed by atoms with Gasteiger partial charge in [0.05, 0.1) is 11.6 Å². The van der Waals surface area contributed by atoms with Gasteiger partial charge in [-0.2, -0.15) is 0 Å². The van der Waals surface area contributed by atoms with Crippen LogP contribution in [0.15, 0.2) is 24.3 Å². The fourth-order valence-electron chi connectivity index (χ4n) is 3.12. The Morgan fingerprint density at radius 1 is 1.17 bits per heavy atom. The van der Waals surface area contributed by atoms with Gasteiger partial charge in [0.1, 0.15) is 0 Å². The number of hydrogen-bond donors (Lipinski definition) is 1. The van der Waals surface area contributed by atoms with E-state index in [-0.39, 0.29) is 5.54 Å². The summed E-state index contributed by atoms with van der Waals surface area (Å²) in [6, 6.07) is 7.64. The maximum atomic E-state index is 10.8. The SMILES string of the molecule is CN(C)C1(C(O)c2ccccc2Cl)CCCCC1. The molecule has 0 heterocycles. The highest BCUT2D eigenvalue weighted by Gasteiger charge is 2.42. The Morgan fingerprint density at radius 3 is 2.33 bits per heavy atom. The Kier molecular flexibility index (Phi) is 4.31. The van der Waals surface area contributed by atoms with Crippen LogP contribution >= 0.6 is 11.6 Å². The summed E-state index contributed by atoms with van der Waals surface area (Å²) in [7, 11) is 4.12. The van der Waals surface area contributed by atoms with Crippen LogP contribution in [0.4, 0.5) is 0 Å². The van der Waals surface area contributed by atoms with Crippen molar-refractivity contribution in [3.05, 3.63) is 34.9 Å². The zero-order valence-corrected chi connectivity index (χ0v) is 12.0. The maximum absolute atomic E-state index is 10.8. The first-order chi connectivity index (χ1) is 8.58. The van der Waals surface area contributed by atoms with Crippen molar-refractivity contribution >= 4 is 11.6 Å². The van der Waals surface area contributed by atoms with E-state index in [1.807, 2.05) is 24.3 Å². The van der Waals surface area contributed by atoms with Crippen LogP contribution in [-0.2, 0) is 0 Å². The molecule has 1 atom stereocenters. The fraction of sp³-hybridized carbons (Fsp3) is 0.600. The van der Waals surface area contributed by atoms with Gasteiger partial charge in [0, 0.05) is 10.6 Å². The molecule has 0 spiro atoms. The summed E-state index contributed by atoms with van der Waals surface area (Å²) < 4.78 is 0. The molecule has 1 saturated carbocycles. The van der Waals surface area contributed by atoms with E-state index < -0.39 is 6.10 Å². The van der Waals surface area contributed by atoms with Crippen molar-refractivity contribution < 1.29 is 5.11 Å². The molecule has 1 aliphatic rings. The minimum Gasteiger partial charge on any atom is -0.386 e. The molecule has 100 valence electrons. The lowest BCUT2D eigenvalue weighted by molar-refractivity contribution is -0.0335. The van der Waals surface area contributed by atoms with Crippen LogP contribution in [0.3, 0.4) is 0 Å². The molecule has 3 heteroatoms. The van der Waals surface area contributed by atoms with Gasteiger partial charge in [0.2, 0.25) is 0 Å². The monoisotopic (exact) mass is 267 g/mol. The molecule has 18 heavy (non-hydrogen) atoms. The minimum atomic E-state index is -0.513. The number of nitrogens with zero attached hydrogens (tertiary/aromatic N) is 1. The van der Waals surface area contributed by atoms with Crippen LogP contribution < -0.4 is 0 Å². The minimum absolute atomic E-state index is 0.163. The predicted molar refractivity (Wildman–Crippen MR) is 75.9 cm³/mol. The largest absolute Gasteiger partial charge is 0.386 e. The molecule has 0 saturated heterocycles. The third-order valence-electron chi connectivity index (χ3n) is 4.32. The number of rotatable bonds is 3. The lowest BCUT2D eigenvalue weighted by Crippen LogP contribution is -2.50. The molecule has 1 aromatic carbocycles. The van der Waals surface area contributed by atoms with E-state index in [9.17, 15) is 5.11 Å². The Labute approximate surface area is 115 Å². The number of aliphatic hydroxyl groups is 1. The highest BCUT2D eigenvalue weighted by atomic mass is 35.5. The quantitative estimate of drug-likeness (QED) is 0.904. The van der Waals surface area contributed by atoms with Gasteiger partial charge in [0.15, 0.2) is 0 Å². The third kappa shape index (κ3) is 2.42. The summed E-state index contributed by atoms with van der Waals surface area (Å²) in [4.78, 5) is 2.18. The van der Waals surface area contributed by atoms with E-state index in [0.717, 1.165) is 18.4 Å². The van der Waals surface area contributed by atoms with E-state index in [1.54, 1.807) is 0 Å². The molecule has 1 aromatic rings. The van der Waals surface area contributed by atoms with E-state index in [4.69, 9.17) is 11.6 Å². The van der Waals surface area contributed by atoms with Gasteiger partial charge < -0.3 is 10.0 Å². The number of aliphatic hydroxyl groups excluding tert-OH is 1. The molecule has 2 rings (SSSR count). The summed E-state index contributed by atoms with van der Waals surface area (Å²) >= 11 is 6.23. The van der Waals surface area contributed by atoms with E-state index in [2.05, 4.69) is 19.0 Å². The Bertz CT molecular complexity index is 399. The zero-order chi connectivity index (χ0) is 13.2. The normalized spacial score (nSPS) is 20.9. The van der Waals surface area contributed by atoms with Crippen LogP contribution in [0.2, 0.25) is 5.02 Å². The molecule has 0 radical (unpaired) electrons. The second kappa shape index (κ2) is 5.60. The highest BCUT2D eigenvalue weighted by Crippen LogP contribution is 2.43. The Morgan fingerprint density at radius 2 is 1.78 bits per heavy atom. The van der Waals surface area contributed by atoms with Gasteiger partial charge >= 0.3 is 0 Å². The first-order valence-corrected chi connectivity index (χ1v) is 7.05. The zero-order valence-electron chi connectivity index (χ0n) is 11.2. The molecule has 0 amide bonds. The fourth-order valence-corrected chi connectivity index (χ4v) is 3.35. The molecule has 2 nitrogen and oxygen atoms in total. The summed E-state index contributed by atoms with van der Waals surface area (Å²) in [6.45, 7) is 0. The van der Waals surface area contributed by atoms with Gasteiger partial charge in [0.25, 0.3) is 0 Å². The van der Waals surface area contributed by atoms with Crippen LogP contribution in [-0.4, -0.2) is 29.6 Å². The van der Waals surface area contributed by atoms with E-state index in [0.29, 0.717) is 5.02 Å². The molecule has 0 bridgehead atoms. The average Bonchev–Trinajstić information content (AvgIpc) is 2.39. The number of benzene rings is 1. The van der Waals surface area contributed by atoms with Crippen molar-refractivity contribution in [2.75, 3.05) is 14.1 Å². The van der Waals surface area contributed by atoms with E-state index >= 15 is 0 Å². The van der Waals surface area contributed by atoms with Crippen molar-refractivity contribution in [3.8, 4) is 0 Å². The van der Waals surface area contributed by atoms with Crippen molar-refractivity contribution in [2.24, 2.45) is 0 Å². The standard InChI is InChI=1S/C15H22ClNO/c1-17(2)15(10-6-3-7-11-15)14(18)12-8-4-5-9-13(12)16/h4-5,8-9,14,18H,3,6-7,10-11H2,1-2H3. The summed E-state index contributed by atoms with van der Waals surface area (Å²) in [5.74, 6) is 0. The number of hydrogen-bond acceptors (Lipinski definition) is 2. The number of likely N-dealkylation sites (N-methyl/N-ethyl adjacent to an activating group) is 1. The average molecular weight is 268 g/mol. The van der Waals surface area contributed by atoms with Crippen LogP contribution in [0.5, 0.6) is 0 Å². The molecular weight excluding hydrogens is 246 g/mol. The third-order valence-corrected chi connectivity index (χ3v) is 4.66. The highest BCUT2D eigenvalue weighted by molar-refractivity contribution is 6.31. The molecule has 1 fully saturated rings. The summed E-state index contributed by atoms with van der Waals surface area (Å²) in [6.07, 6.45) is 5.18. The maximum Gasteiger partial charge on any atom is 0.0987 e. The molecule has 0 aromatic heterocycles. The van der Waals surface area contributed by atoms with Gasteiger partial charge in [-0.25, -0.2) is 0 Å². The van der Waals surface area contributed by atoms with Gasteiger partial charge in [-0.1, -0.05) is 49.1 Å². The summed E-state index contributed by atoms with van der Waals surface area (Å²) in [5, 5.41) is 11.5. The summed E-state index contributed by atoms with van der Waals surface area (Å²) in [5.41, 5.74) is 0.693. The van der Waals surface area contributed by atoms with Gasteiger partial charge in [-0.15, -0.1) is 0 Å². The lowest BCUT2D eigenvalue weighted by Gasteiger charge is -2.46. The molecule has 0 aliphatic heterocycles. The molecule has 1 unspecified atom stereocenters. The Hall–Kier alpha value is -0.570. The van der Waals surface area contributed by atoms with Crippen molar-refractivity contribution in [1.82, 2.24) is 4.90 Å². The van der Waals surface area contributed by atoms with Crippen LogP contribution in [0.1, 0.15) is 43.8 Å². The molecular formula is C15H22ClNO. The van der Waals surface area contributed by atoms with E-state index in [1.165, 1.54) is 19.3 Å². The van der Waals surface area contributed by atoms with Crippen molar-refractivity contribution in [3.63, 3.8) is 0 Å². The topological polar surface area (TPSA) is 23.5 Å². The lowest BCUT2D eigenvalue weighted by atomic mass is 9.74. The second-order valence-electron chi connectivity index (χ2n) is 5.48. The first kappa shape index (κ1) is 13.9. The van der Waals surface area contributed by atoms with Gasteiger partial charge in [-0.3, -0.25) is 0 Å². The first-order valence-electron chi connectivity index (χ1n) is 6.68. The van der Waals surface area contributed by atoms with Crippen molar-refractivity contribution in [1.29, 1.82) is 0 Å². The van der Waals surface area contributed by atoms with Crippen LogP contribution in [0.25, 0.3) is 0 Å². The molecule has 1 N–H and O–H groups in total. The smallest absolute Gasteiger partial charge is 0.0987 e. The second-order valence-corrected chi connectivity index (χ2v) is 5.89. The number of halogens is 1. The van der Waals surface area contributed by atoms with Gasteiger partial charge in [-0.05, 0) is 33.0 Å². The van der Waals surface area contributed by atoms with Crippen LogP contribution in [0, 0.1) is 0 Å². The Balaban J connectivity index is 2.34. The molecule has 1 aliphatic carbocycles. The van der Waals surface area contributed by atoms with Crippen molar-refractivity contribution in [2.45, 2.75) is 43.7 Å².